The summed E-state index contributed by atoms with van der Waals surface area (Å²) in [5, 5.41) is 20.4. The molecule has 2 N–H and O–H groups in total. The Morgan fingerprint density at radius 1 is 1.38 bits per heavy atom. The van der Waals surface area contributed by atoms with E-state index in [0.29, 0.717) is 24.8 Å². The van der Waals surface area contributed by atoms with Gasteiger partial charge in [-0.3, -0.25) is 9.59 Å². The monoisotopic (exact) mass is 286 g/mol. The Bertz CT molecular complexity index is 544. The van der Waals surface area contributed by atoms with Gasteiger partial charge in [-0.2, -0.15) is 5.26 Å². The molecule has 110 valence electrons. The Morgan fingerprint density at radius 2 is 2.05 bits per heavy atom. The first-order valence-electron chi connectivity index (χ1n) is 6.66. The summed E-state index contributed by atoms with van der Waals surface area (Å²) >= 11 is 0. The molecule has 0 aliphatic rings. The predicted molar refractivity (Wildman–Crippen MR) is 78.5 cm³/mol. The van der Waals surface area contributed by atoms with Crippen LogP contribution in [0.1, 0.15) is 30.4 Å². The Kier molecular flexibility index (Phi) is 6.69. The fourth-order valence-electron chi connectivity index (χ4n) is 1.92. The molecule has 0 aliphatic heterocycles. The van der Waals surface area contributed by atoms with Gasteiger partial charge in [-0.25, -0.2) is 0 Å². The number of nitriles is 1. The molecule has 5 nitrogen and oxygen atoms in total. The zero-order valence-electron chi connectivity index (χ0n) is 11.7. The van der Waals surface area contributed by atoms with Gasteiger partial charge in [-0.05, 0) is 30.5 Å². The number of hydrogen-bond donors (Lipinski definition) is 2. The fourth-order valence-corrected chi connectivity index (χ4v) is 1.92. The van der Waals surface area contributed by atoms with Gasteiger partial charge >= 0.3 is 5.97 Å². The predicted octanol–water partition coefficient (Wildman–Crippen LogP) is 2.03. The van der Waals surface area contributed by atoms with Gasteiger partial charge in [0.05, 0.1) is 18.1 Å². The average molecular weight is 286 g/mol. The van der Waals surface area contributed by atoms with Gasteiger partial charge in [0.15, 0.2) is 0 Å². The summed E-state index contributed by atoms with van der Waals surface area (Å²) in [6, 6.07) is 8.44. The van der Waals surface area contributed by atoms with Crippen LogP contribution in [0.2, 0.25) is 0 Å². The van der Waals surface area contributed by atoms with E-state index in [1.54, 1.807) is 30.3 Å². The highest BCUT2D eigenvalue weighted by Gasteiger charge is 2.16. The second-order valence-electron chi connectivity index (χ2n) is 4.70. The number of hydrogen-bond acceptors (Lipinski definition) is 3. The van der Waals surface area contributed by atoms with E-state index in [1.807, 2.05) is 6.07 Å². The van der Waals surface area contributed by atoms with Crippen LogP contribution in [0, 0.1) is 11.3 Å². The van der Waals surface area contributed by atoms with Crippen molar-refractivity contribution in [1.29, 1.82) is 5.26 Å². The lowest BCUT2D eigenvalue weighted by Gasteiger charge is -2.17. The van der Waals surface area contributed by atoms with Gasteiger partial charge in [0.25, 0.3) is 0 Å². The number of benzene rings is 1. The van der Waals surface area contributed by atoms with E-state index < -0.39 is 12.0 Å². The quantitative estimate of drug-likeness (QED) is 0.715. The number of nitrogens with zero attached hydrogens (tertiary/aromatic N) is 1. The Morgan fingerprint density at radius 3 is 2.57 bits per heavy atom. The van der Waals surface area contributed by atoms with Crippen molar-refractivity contribution in [2.24, 2.45) is 0 Å². The zero-order chi connectivity index (χ0) is 15.7. The molecule has 1 rings (SSSR count). The summed E-state index contributed by atoms with van der Waals surface area (Å²) in [5.74, 6) is -1.15. The van der Waals surface area contributed by atoms with Crippen LogP contribution >= 0.6 is 0 Å². The van der Waals surface area contributed by atoms with E-state index in [1.165, 1.54) is 0 Å². The van der Waals surface area contributed by atoms with Crippen molar-refractivity contribution in [3.05, 3.63) is 48.0 Å². The molecule has 21 heavy (non-hydrogen) atoms. The third-order valence-electron chi connectivity index (χ3n) is 2.93. The maximum atomic E-state index is 11.7. The summed E-state index contributed by atoms with van der Waals surface area (Å²) in [6.45, 7) is 3.54. The lowest BCUT2D eigenvalue weighted by Crippen LogP contribution is -2.37. The van der Waals surface area contributed by atoms with Crippen molar-refractivity contribution in [1.82, 2.24) is 5.32 Å². The summed E-state index contributed by atoms with van der Waals surface area (Å²) in [4.78, 5) is 22.6. The molecule has 0 aromatic heterocycles. The Hall–Kier alpha value is -2.61. The van der Waals surface area contributed by atoms with E-state index in [-0.39, 0.29) is 12.3 Å². The van der Waals surface area contributed by atoms with E-state index in [2.05, 4.69) is 11.9 Å². The molecule has 1 atom stereocenters. The number of carbonyl (C=O) groups excluding carboxylic acids is 1. The lowest BCUT2D eigenvalue weighted by molar-refractivity contribution is -0.137. The van der Waals surface area contributed by atoms with Crippen LogP contribution < -0.4 is 5.32 Å². The van der Waals surface area contributed by atoms with Crippen molar-refractivity contribution in [2.45, 2.75) is 31.7 Å². The number of carbonyl (C=O) groups is 2. The summed E-state index contributed by atoms with van der Waals surface area (Å²) < 4.78 is 0. The molecule has 0 fully saturated rings. The number of carboxylic acid groups (broad SMARTS) is 1. The first-order chi connectivity index (χ1) is 10.0. The van der Waals surface area contributed by atoms with E-state index in [4.69, 9.17) is 10.4 Å². The van der Waals surface area contributed by atoms with Crippen LogP contribution in [0.3, 0.4) is 0 Å². The van der Waals surface area contributed by atoms with Crippen LogP contribution in [0.4, 0.5) is 0 Å². The minimum absolute atomic E-state index is 0.139. The normalized spacial score (nSPS) is 11.2. The number of amides is 1. The third-order valence-corrected chi connectivity index (χ3v) is 2.93. The highest BCUT2D eigenvalue weighted by molar-refractivity contribution is 5.77. The highest BCUT2D eigenvalue weighted by atomic mass is 16.4. The second kappa shape index (κ2) is 8.54. The lowest BCUT2D eigenvalue weighted by atomic mass is 10.0. The number of allylic oxidation sites excluding steroid dienone is 1. The largest absolute Gasteiger partial charge is 0.481 e. The molecule has 0 saturated heterocycles. The molecular weight excluding hydrogens is 268 g/mol. The Labute approximate surface area is 123 Å². The molecule has 0 radical (unpaired) electrons. The maximum absolute atomic E-state index is 11.7. The van der Waals surface area contributed by atoms with Gasteiger partial charge in [-0.1, -0.05) is 18.2 Å². The molecule has 0 heterocycles. The molecule has 1 aromatic rings. The van der Waals surface area contributed by atoms with Crippen LogP contribution in [0.15, 0.2) is 36.9 Å². The summed E-state index contributed by atoms with van der Waals surface area (Å²) in [6.07, 6.45) is 2.78. The average Bonchev–Trinajstić information content (AvgIpc) is 2.45. The van der Waals surface area contributed by atoms with Gasteiger partial charge < -0.3 is 10.4 Å². The highest BCUT2D eigenvalue weighted by Crippen LogP contribution is 2.09. The smallest absolute Gasteiger partial charge is 0.305 e. The molecule has 0 spiro atoms. The van der Waals surface area contributed by atoms with E-state index >= 15 is 0 Å². The summed E-state index contributed by atoms with van der Waals surface area (Å²) in [5.41, 5.74) is 1.42. The minimum Gasteiger partial charge on any atom is -0.481 e. The van der Waals surface area contributed by atoms with Gasteiger partial charge in [0.1, 0.15) is 0 Å². The molecule has 0 aliphatic carbocycles. The molecule has 1 amide bonds. The van der Waals surface area contributed by atoms with Crippen LogP contribution in [0.25, 0.3) is 0 Å². The minimum atomic E-state index is -0.960. The fraction of sp³-hybridized carbons (Fsp3) is 0.312. The number of carboxylic acids is 1. The molecule has 5 heteroatoms. The number of nitrogens with one attached hydrogen (secondary N) is 1. The van der Waals surface area contributed by atoms with E-state index in [9.17, 15) is 9.59 Å². The van der Waals surface area contributed by atoms with Crippen molar-refractivity contribution >= 4 is 11.9 Å². The van der Waals surface area contributed by atoms with Gasteiger partial charge in [0, 0.05) is 12.5 Å². The topological polar surface area (TPSA) is 90.2 Å². The van der Waals surface area contributed by atoms with Crippen molar-refractivity contribution in [3.8, 4) is 6.07 Å². The first kappa shape index (κ1) is 16.4. The van der Waals surface area contributed by atoms with Crippen LogP contribution in [-0.4, -0.2) is 23.0 Å². The number of aliphatic carboxylic acids is 1. The summed E-state index contributed by atoms with van der Waals surface area (Å²) in [7, 11) is 0. The third kappa shape index (κ3) is 6.39. The van der Waals surface area contributed by atoms with Crippen molar-refractivity contribution in [3.63, 3.8) is 0 Å². The molecule has 0 bridgehead atoms. The van der Waals surface area contributed by atoms with Crippen LogP contribution in [0.5, 0.6) is 0 Å². The van der Waals surface area contributed by atoms with Crippen molar-refractivity contribution in [2.75, 3.05) is 0 Å². The molecule has 1 aromatic carbocycles. The SMILES string of the molecule is C=CCCC(=O)N[C@@H](CC(=O)O)Cc1ccc(C#N)cc1. The van der Waals surface area contributed by atoms with Crippen LogP contribution in [-0.2, 0) is 16.0 Å². The molecule has 0 unspecified atom stereocenters. The number of rotatable bonds is 8. The molecular formula is C16H18N2O3. The first-order valence-corrected chi connectivity index (χ1v) is 6.66. The maximum Gasteiger partial charge on any atom is 0.305 e. The van der Waals surface area contributed by atoms with Crippen molar-refractivity contribution < 1.29 is 14.7 Å². The Balaban J connectivity index is 2.68. The van der Waals surface area contributed by atoms with Gasteiger partial charge in [0.2, 0.25) is 5.91 Å². The molecule has 0 saturated carbocycles. The van der Waals surface area contributed by atoms with E-state index in [0.717, 1.165) is 5.56 Å². The zero-order valence-corrected chi connectivity index (χ0v) is 11.7. The second-order valence-corrected chi connectivity index (χ2v) is 4.70. The standard InChI is InChI=1S/C16H18N2O3/c1-2-3-4-15(19)18-14(10-16(20)21)9-12-5-7-13(11-17)8-6-12/h2,5-8,14H,1,3-4,9-10H2,(H,18,19)(H,20,21)/t14-/m1/s1. The van der Waals surface area contributed by atoms with Gasteiger partial charge in [-0.15, -0.1) is 6.58 Å².